The molecule has 0 aliphatic rings. The zero-order valence-electron chi connectivity index (χ0n) is 10.1. The quantitative estimate of drug-likeness (QED) is 0.716. The van der Waals surface area contributed by atoms with Crippen molar-refractivity contribution >= 4 is 5.97 Å². The molecule has 1 aromatic carbocycles. The van der Waals surface area contributed by atoms with E-state index in [-0.39, 0.29) is 5.97 Å². The Labute approximate surface area is 97.0 Å². The number of benzene rings is 1. The summed E-state index contributed by atoms with van der Waals surface area (Å²) in [4.78, 5) is 16.9. The van der Waals surface area contributed by atoms with Crippen LogP contribution in [0.15, 0.2) is 30.3 Å². The second-order valence-corrected chi connectivity index (χ2v) is 4.07. The highest BCUT2D eigenvalue weighted by Gasteiger charge is 2.11. The van der Waals surface area contributed by atoms with Crippen LogP contribution in [-0.2, 0) is 4.84 Å². The first kappa shape index (κ1) is 12.7. The number of hydrogen-bond acceptors (Lipinski definition) is 3. The van der Waals surface area contributed by atoms with Crippen LogP contribution in [0.25, 0.3) is 0 Å². The van der Waals surface area contributed by atoms with E-state index in [1.54, 1.807) is 24.2 Å². The number of carbonyl (C=O) groups is 1. The van der Waals surface area contributed by atoms with Crippen molar-refractivity contribution < 1.29 is 9.63 Å². The minimum absolute atomic E-state index is 0.300. The molecule has 0 bridgehead atoms. The third-order valence-corrected chi connectivity index (χ3v) is 2.51. The SMILES string of the molecule is CCC(C)CN(C)OC(=O)c1ccccc1. The Balaban J connectivity index is 2.46. The molecule has 0 heterocycles. The van der Waals surface area contributed by atoms with E-state index in [2.05, 4.69) is 13.8 Å². The molecule has 88 valence electrons. The van der Waals surface area contributed by atoms with E-state index in [4.69, 9.17) is 4.84 Å². The van der Waals surface area contributed by atoms with Gasteiger partial charge in [-0.2, -0.15) is 0 Å². The molecule has 0 fully saturated rings. The predicted molar refractivity (Wildman–Crippen MR) is 63.9 cm³/mol. The van der Waals surface area contributed by atoms with Crippen LogP contribution >= 0.6 is 0 Å². The lowest BCUT2D eigenvalue weighted by molar-refractivity contribution is -0.0972. The van der Waals surface area contributed by atoms with Gasteiger partial charge in [0, 0.05) is 13.6 Å². The van der Waals surface area contributed by atoms with Gasteiger partial charge in [-0.05, 0) is 18.1 Å². The average molecular weight is 221 g/mol. The van der Waals surface area contributed by atoms with Gasteiger partial charge >= 0.3 is 5.97 Å². The first-order valence-corrected chi connectivity index (χ1v) is 5.62. The van der Waals surface area contributed by atoms with Gasteiger partial charge in [-0.15, -0.1) is 5.06 Å². The number of hydrogen-bond donors (Lipinski definition) is 0. The molecule has 1 rings (SSSR count). The molecule has 0 N–H and O–H groups in total. The van der Waals surface area contributed by atoms with E-state index in [9.17, 15) is 4.79 Å². The van der Waals surface area contributed by atoms with Crippen molar-refractivity contribution in [2.75, 3.05) is 13.6 Å². The van der Waals surface area contributed by atoms with Crippen LogP contribution in [0.3, 0.4) is 0 Å². The van der Waals surface area contributed by atoms with Gasteiger partial charge in [-0.3, -0.25) is 0 Å². The topological polar surface area (TPSA) is 29.5 Å². The summed E-state index contributed by atoms with van der Waals surface area (Å²) in [5.74, 6) is 0.222. The molecule has 0 radical (unpaired) electrons. The van der Waals surface area contributed by atoms with Gasteiger partial charge in [-0.1, -0.05) is 38.5 Å². The maximum Gasteiger partial charge on any atom is 0.357 e. The number of rotatable bonds is 5. The fraction of sp³-hybridized carbons (Fsp3) is 0.462. The molecule has 0 saturated heterocycles. The van der Waals surface area contributed by atoms with Crippen molar-refractivity contribution in [3.05, 3.63) is 35.9 Å². The van der Waals surface area contributed by atoms with E-state index < -0.39 is 0 Å². The third kappa shape index (κ3) is 4.03. The fourth-order valence-corrected chi connectivity index (χ4v) is 1.37. The predicted octanol–water partition coefficient (Wildman–Crippen LogP) is 2.74. The molecule has 0 saturated carbocycles. The summed E-state index contributed by atoms with van der Waals surface area (Å²) in [6, 6.07) is 9.02. The minimum Gasteiger partial charge on any atom is -0.364 e. The van der Waals surface area contributed by atoms with Gasteiger partial charge < -0.3 is 4.84 Å². The molecule has 1 unspecified atom stereocenters. The van der Waals surface area contributed by atoms with Crippen LogP contribution in [0.1, 0.15) is 30.6 Å². The zero-order chi connectivity index (χ0) is 12.0. The van der Waals surface area contributed by atoms with E-state index in [0.717, 1.165) is 13.0 Å². The molecule has 0 aliphatic heterocycles. The molecular formula is C13H19NO2. The third-order valence-electron chi connectivity index (χ3n) is 2.51. The maximum atomic E-state index is 11.7. The molecule has 0 amide bonds. The summed E-state index contributed by atoms with van der Waals surface area (Å²) in [5, 5.41) is 1.60. The Kier molecular flexibility index (Phi) is 4.99. The number of carbonyl (C=O) groups excluding carboxylic acids is 1. The van der Waals surface area contributed by atoms with Gasteiger partial charge in [0.05, 0.1) is 5.56 Å². The molecule has 1 atom stereocenters. The second-order valence-electron chi connectivity index (χ2n) is 4.07. The Morgan fingerprint density at radius 2 is 2.00 bits per heavy atom. The Morgan fingerprint density at radius 3 is 2.56 bits per heavy atom. The molecule has 3 heteroatoms. The standard InChI is InChI=1S/C13H19NO2/c1-4-11(2)10-14(3)16-13(15)12-8-6-5-7-9-12/h5-9,11H,4,10H2,1-3H3. The fourth-order valence-electron chi connectivity index (χ4n) is 1.37. The highest BCUT2D eigenvalue weighted by molar-refractivity contribution is 5.89. The van der Waals surface area contributed by atoms with Crippen molar-refractivity contribution in [3.63, 3.8) is 0 Å². The average Bonchev–Trinajstić information content (AvgIpc) is 2.29. The molecule has 1 aromatic rings. The van der Waals surface area contributed by atoms with E-state index >= 15 is 0 Å². The zero-order valence-corrected chi connectivity index (χ0v) is 10.1. The van der Waals surface area contributed by atoms with Crippen molar-refractivity contribution in [3.8, 4) is 0 Å². The molecule has 0 aliphatic carbocycles. The summed E-state index contributed by atoms with van der Waals surface area (Å²) >= 11 is 0. The lowest BCUT2D eigenvalue weighted by Crippen LogP contribution is -2.27. The van der Waals surface area contributed by atoms with E-state index in [1.165, 1.54) is 0 Å². The van der Waals surface area contributed by atoms with Gasteiger partial charge in [0.15, 0.2) is 0 Å². The van der Waals surface area contributed by atoms with Crippen LogP contribution in [0.5, 0.6) is 0 Å². The Hall–Kier alpha value is -1.35. The van der Waals surface area contributed by atoms with Gasteiger partial charge in [0.1, 0.15) is 0 Å². The highest BCUT2D eigenvalue weighted by atomic mass is 16.7. The normalized spacial score (nSPS) is 12.5. The van der Waals surface area contributed by atoms with Crippen LogP contribution in [0.2, 0.25) is 0 Å². The van der Waals surface area contributed by atoms with Crippen molar-refractivity contribution in [2.24, 2.45) is 5.92 Å². The summed E-state index contributed by atoms with van der Waals surface area (Å²) in [6.07, 6.45) is 1.08. The molecule has 0 spiro atoms. The first-order valence-electron chi connectivity index (χ1n) is 5.62. The highest BCUT2D eigenvalue weighted by Crippen LogP contribution is 2.06. The summed E-state index contributed by atoms with van der Waals surface area (Å²) in [7, 11) is 1.78. The lowest BCUT2D eigenvalue weighted by atomic mass is 10.1. The van der Waals surface area contributed by atoms with Crippen LogP contribution in [-0.4, -0.2) is 24.6 Å². The van der Waals surface area contributed by atoms with Crippen LogP contribution in [0, 0.1) is 5.92 Å². The summed E-state index contributed by atoms with van der Waals surface area (Å²) < 4.78 is 0. The van der Waals surface area contributed by atoms with Gasteiger partial charge in [0.2, 0.25) is 0 Å². The molecular weight excluding hydrogens is 202 g/mol. The lowest BCUT2D eigenvalue weighted by Gasteiger charge is -2.19. The second kappa shape index (κ2) is 6.28. The number of nitrogens with zero attached hydrogens (tertiary/aromatic N) is 1. The van der Waals surface area contributed by atoms with Crippen LogP contribution in [0.4, 0.5) is 0 Å². The smallest absolute Gasteiger partial charge is 0.357 e. The van der Waals surface area contributed by atoms with Crippen molar-refractivity contribution in [1.82, 2.24) is 5.06 Å². The maximum absolute atomic E-state index is 11.7. The summed E-state index contributed by atoms with van der Waals surface area (Å²) in [6.45, 7) is 5.01. The molecule has 3 nitrogen and oxygen atoms in total. The van der Waals surface area contributed by atoms with Gasteiger partial charge in [-0.25, -0.2) is 4.79 Å². The van der Waals surface area contributed by atoms with E-state index in [0.29, 0.717) is 11.5 Å². The van der Waals surface area contributed by atoms with Crippen molar-refractivity contribution in [1.29, 1.82) is 0 Å². The number of hydroxylamine groups is 2. The Morgan fingerprint density at radius 1 is 1.38 bits per heavy atom. The minimum atomic E-state index is -0.300. The largest absolute Gasteiger partial charge is 0.364 e. The summed E-state index contributed by atoms with van der Waals surface area (Å²) in [5.41, 5.74) is 0.582. The Bertz CT molecular complexity index is 324. The first-order chi connectivity index (χ1) is 7.63. The molecule has 16 heavy (non-hydrogen) atoms. The van der Waals surface area contributed by atoms with E-state index in [1.807, 2.05) is 18.2 Å². The van der Waals surface area contributed by atoms with Gasteiger partial charge in [0.25, 0.3) is 0 Å². The van der Waals surface area contributed by atoms with Crippen molar-refractivity contribution in [2.45, 2.75) is 20.3 Å². The van der Waals surface area contributed by atoms with Crippen LogP contribution < -0.4 is 0 Å². The monoisotopic (exact) mass is 221 g/mol. The molecule has 0 aromatic heterocycles.